The van der Waals surface area contributed by atoms with Gasteiger partial charge in [0.2, 0.25) is 0 Å². The van der Waals surface area contributed by atoms with Crippen LogP contribution >= 0.6 is 0 Å². The van der Waals surface area contributed by atoms with E-state index >= 15 is 0 Å². The number of rotatable bonds is 0. The third-order valence-corrected chi connectivity index (χ3v) is 4.17. The van der Waals surface area contributed by atoms with Gasteiger partial charge in [-0.25, -0.2) is 0 Å². The van der Waals surface area contributed by atoms with Gasteiger partial charge in [0.15, 0.2) is 0 Å². The smallest absolute Gasteiger partial charge is 0.102 e. The lowest BCUT2D eigenvalue weighted by molar-refractivity contribution is 0.0655. The highest BCUT2D eigenvalue weighted by Gasteiger charge is 2.35. The fourth-order valence-corrected chi connectivity index (χ4v) is 2.98. The predicted octanol–water partition coefficient (Wildman–Crippen LogP) is 3.77. The van der Waals surface area contributed by atoms with E-state index in [-0.39, 0.29) is 0 Å². The van der Waals surface area contributed by atoms with Gasteiger partial charge in [0.1, 0.15) is 6.10 Å². The fourth-order valence-electron chi connectivity index (χ4n) is 2.98. The number of allylic oxidation sites excluding steroid dienone is 1. The highest BCUT2D eigenvalue weighted by atomic mass is 16.6. The molecule has 4 rings (SSSR count). The van der Waals surface area contributed by atoms with Crippen LogP contribution in [-0.2, 0) is 9.47 Å². The molecule has 0 aromatic rings. The lowest BCUT2D eigenvalue weighted by Gasteiger charge is -2.06. The fraction of sp³-hybridized carbons (Fsp3) is 0.750. The normalized spacial score (nSPS) is 40.9. The molecule has 2 heteroatoms. The van der Waals surface area contributed by atoms with Gasteiger partial charge < -0.3 is 9.47 Å². The maximum atomic E-state index is 5.61. The minimum atomic E-state index is 0.470. The van der Waals surface area contributed by atoms with Gasteiger partial charge in [0, 0.05) is 0 Å². The highest BCUT2D eigenvalue weighted by molar-refractivity contribution is 5.04. The Morgan fingerprint density at radius 3 is 2.22 bits per heavy atom. The first kappa shape index (κ1) is 12.4. The largest absolute Gasteiger partial charge is 0.367 e. The van der Waals surface area contributed by atoms with Crippen molar-refractivity contribution >= 4 is 0 Å². The predicted molar refractivity (Wildman–Crippen MR) is 72.5 cm³/mol. The molecule has 0 aromatic carbocycles. The molecule has 4 atom stereocenters. The Balaban J connectivity index is 0.000000111. The van der Waals surface area contributed by atoms with Gasteiger partial charge in [-0.1, -0.05) is 43.6 Å². The number of hydrogen-bond donors (Lipinski definition) is 0. The van der Waals surface area contributed by atoms with Crippen molar-refractivity contribution in [3.05, 3.63) is 24.3 Å². The molecule has 0 radical (unpaired) electrons. The minimum Gasteiger partial charge on any atom is -0.367 e. The summed E-state index contributed by atoms with van der Waals surface area (Å²) in [6, 6.07) is 0. The quantitative estimate of drug-likeness (QED) is 0.481. The molecule has 3 heterocycles. The number of fused-ring (bicyclic) bond motifs is 3. The molecule has 4 aliphatic rings. The zero-order valence-electron chi connectivity index (χ0n) is 11.1. The van der Waals surface area contributed by atoms with E-state index in [9.17, 15) is 0 Å². The average molecular weight is 248 g/mol. The molecule has 100 valence electrons. The minimum absolute atomic E-state index is 0.470. The summed E-state index contributed by atoms with van der Waals surface area (Å²) in [5.74, 6) is 0. The summed E-state index contributed by atoms with van der Waals surface area (Å²) in [6.07, 6.45) is 21.4. The molecule has 0 aromatic heterocycles. The van der Waals surface area contributed by atoms with Crippen molar-refractivity contribution in [1.29, 1.82) is 0 Å². The molecule has 0 saturated carbocycles. The van der Waals surface area contributed by atoms with E-state index in [2.05, 4.69) is 24.3 Å². The summed E-state index contributed by atoms with van der Waals surface area (Å²) >= 11 is 0. The molecule has 1 aliphatic carbocycles. The first-order chi connectivity index (χ1) is 8.92. The van der Waals surface area contributed by atoms with Crippen molar-refractivity contribution in [2.75, 3.05) is 0 Å². The summed E-state index contributed by atoms with van der Waals surface area (Å²) in [5, 5.41) is 0. The van der Waals surface area contributed by atoms with Gasteiger partial charge in [0.25, 0.3) is 0 Å². The molecule has 2 nitrogen and oxygen atoms in total. The lowest BCUT2D eigenvalue weighted by Crippen LogP contribution is -2.07. The van der Waals surface area contributed by atoms with Crippen LogP contribution in [-0.4, -0.2) is 24.4 Å². The molecule has 0 spiro atoms. The molecule has 2 bridgehead atoms. The first-order valence-electron chi connectivity index (χ1n) is 7.58. The molecule has 2 saturated heterocycles. The summed E-state index contributed by atoms with van der Waals surface area (Å²) in [4.78, 5) is 0. The van der Waals surface area contributed by atoms with Crippen LogP contribution in [0.4, 0.5) is 0 Å². The van der Waals surface area contributed by atoms with Crippen molar-refractivity contribution in [2.45, 2.75) is 75.8 Å². The van der Waals surface area contributed by atoms with Crippen molar-refractivity contribution in [1.82, 2.24) is 0 Å². The van der Waals surface area contributed by atoms with Crippen molar-refractivity contribution in [2.24, 2.45) is 0 Å². The van der Waals surface area contributed by atoms with Gasteiger partial charge in [-0.3, -0.25) is 0 Å². The van der Waals surface area contributed by atoms with E-state index in [1.54, 1.807) is 0 Å². The van der Waals surface area contributed by atoms with Crippen LogP contribution in [0.25, 0.3) is 0 Å². The summed E-state index contributed by atoms with van der Waals surface area (Å²) in [7, 11) is 0. The standard InChI is InChI=1S/2C8H12O/c1-2-4-8-6-5-7(3-1)9-8;1-2-4-6-8-7(9-8)5-3-1/h5-8H,1-4H2;3,5,7-8H,1-2,4,6H2. The summed E-state index contributed by atoms with van der Waals surface area (Å²) in [5.41, 5.74) is 0. The zero-order valence-corrected chi connectivity index (χ0v) is 11.1. The van der Waals surface area contributed by atoms with E-state index in [1.165, 1.54) is 51.4 Å². The van der Waals surface area contributed by atoms with Crippen LogP contribution < -0.4 is 0 Å². The highest BCUT2D eigenvalue weighted by Crippen LogP contribution is 2.30. The molecule has 2 fully saturated rings. The molecule has 0 N–H and O–H groups in total. The molecule has 3 aliphatic heterocycles. The van der Waals surface area contributed by atoms with Crippen molar-refractivity contribution < 1.29 is 9.47 Å². The zero-order chi connectivity index (χ0) is 12.2. The SMILES string of the molecule is C1=CC2CCCCC1O2.C1=CC2OC2CCCC1. The Morgan fingerprint density at radius 1 is 0.722 bits per heavy atom. The Hall–Kier alpha value is -0.600. The van der Waals surface area contributed by atoms with Gasteiger partial charge in [-0.15, -0.1) is 0 Å². The van der Waals surface area contributed by atoms with E-state index in [4.69, 9.17) is 9.47 Å². The maximum Gasteiger partial charge on any atom is 0.102 e. The molecule has 0 amide bonds. The van der Waals surface area contributed by atoms with Crippen LogP contribution in [0.3, 0.4) is 0 Å². The van der Waals surface area contributed by atoms with E-state index in [1.807, 2.05) is 0 Å². The molecular formula is C16H24O2. The second-order valence-corrected chi connectivity index (χ2v) is 5.73. The second kappa shape index (κ2) is 6.03. The van der Waals surface area contributed by atoms with Crippen LogP contribution in [0, 0.1) is 0 Å². The second-order valence-electron chi connectivity index (χ2n) is 5.73. The Morgan fingerprint density at radius 2 is 1.44 bits per heavy atom. The van der Waals surface area contributed by atoms with Crippen LogP contribution in [0.2, 0.25) is 0 Å². The Bertz CT molecular complexity index is 307. The molecule has 4 unspecified atom stereocenters. The van der Waals surface area contributed by atoms with E-state index < -0.39 is 0 Å². The third kappa shape index (κ3) is 3.46. The molecule has 18 heavy (non-hydrogen) atoms. The van der Waals surface area contributed by atoms with Crippen LogP contribution in [0.15, 0.2) is 24.3 Å². The van der Waals surface area contributed by atoms with E-state index in [0.29, 0.717) is 24.4 Å². The van der Waals surface area contributed by atoms with Crippen LogP contribution in [0.1, 0.15) is 51.4 Å². The van der Waals surface area contributed by atoms with Gasteiger partial charge in [-0.2, -0.15) is 0 Å². The van der Waals surface area contributed by atoms with Gasteiger partial charge >= 0.3 is 0 Å². The average Bonchev–Trinajstić information content (AvgIpc) is 2.95. The Labute approximate surface area is 110 Å². The molecular weight excluding hydrogens is 224 g/mol. The van der Waals surface area contributed by atoms with Gasteiger partial charge in [-0.05, 0) is 32.1 Å². The van der Waals surface area contributed by atoms with Crippen molar-refractivity contribution in [3.8, 4) is 0 Å². The number of epoxide rings is 1. The monoisotopic (exact) mass is 248 g/mol. The third-order valence-electron chi connectivity index (χ3n) is 4.17. The van der Waals surface area contributed by atoms with Crippen LogP contribution in [0.5, 0.6) is 0 Å². The van der Waals surface area contributed by atoms with Crippen molar-refractivity contribution in [3.63, 3.8) is 0 Å². The Kier molecular flexibility index (Phi) is 4.16. The lowest BCUT2D eigenvalue weighted by atomic mass is 10.1. The summed E-state index contributed by atoms with van der Waals surface area (Å²) in [6.45, 7) is 0. The van der Waals surface area contributed by atoms with Gasteiger partial charge in [0.05, 0.1) is 18.3 Å². The topological polar surface area (TPSA) is 21.8 Å². The van der Waals surface area contributed by atoms with E-state index in [0.717, 1.165) is 0 Å². The number of hydrogen-bond acceptors (Lipinski definition) is 2. The first-order valence-corrected chi connectivity index (χ1v) is 7.58. The maximum absolute atomic E-state index is 5.61. The summed E-state index contributed by atoms with van der Waals surface area (Å²) < 4.78 is 11.0. The number of ether oxygens (including phenoxy) is 2.